The van der Waals surface area contributed by atoms with E-state index in [1.807, 2.05) is 32.3 Å². The van der Waals surface area contributed by atoms with Gasteiger partial charge in [-0.3, -0.25) is 5.10 Å². The summed E-state index contributed by atoms with van der Waals surface area (Å²) < 4.78 is 10.6. The summed E-state index contributed by atoms with van der Waals surface area (Å²) in [4.78, 5) is 21.8. The van der Waals surface area contributed by atoms with Crippen molar-refractivity contribution in [1.29, 1.82) is 0 Å². The summed E-state index contributed by atoms with van der Waals surface area (Å²) in [5.74, 6) is 1.01. The lowest BCUT2D eigenvalue weighted by Crippen LogP contribution is -2.19. The highest BCUT2D eigenvalue weighted by Gasteiger charge is 2.15. The van der Waals surface area contributed by atoms with Crippen LogP contribution in [-0.4, -0.2) is 65.4 Å². The second-order valence-electron chi connectivity index (χ2n) is 6.74. The fourth-order valence-corrected chi connectivity index (χ4v) is 2.98. The van der Waals surface area contributed by atoms with Gasteiger partial charge in [0.25, 0.3) is 0 Å². The van der Waals surface area contributed by atoms with E-state index >= 15 is 0 Å². The van der Waals surface area contributed by atoms with Crippen LogP contribution >= 0.6 is 0 Å². The summed E-state index contributed by atoms with van der Waals surface area (Å²) in [5, 5.41) is 8.14. The lowest BCUT2D eigenvalue weighted by atomic mass is 10.1. The van der Waals surface area contributed by atoms with E-state index in [9.17, 15) is 4.79 Å². The van der Waals surface area contributed by atoms with E-state index < -0.39 is 5.97 Å². The van der Waals surface area contributed by atoms with Gasteiger partial charge in [-0.25, -0.2) is 9.78 Å². The smallest absolute Gasteiger partial charge is 0.337 e. The fourth-order valence-electron chi connectivity index (χ4n) is 2.98. The van der Waals surface area contributed by atoms with Gasteiger partial charge in [-0.2, -0.15) is 5.10 Å². The van der Waals surface area contributed by atoms with Crippen molar-refractivity contribution in [1.82, 2.24) is 25.1 Å². The number of aromatic nitrogens is 4. The van der Waals surface area contributed by atoms with E-state index in [1.165, 1.54) is 7.11 Å². The number of aromatic amines is 2. The van der Waals surface area contributed by atoms with E-state index in [4.69, 9.17) is 9.47 Å². The molecule has 0 aliphatic heterocycles. The third-order valence-corrected chi connectivity index (χ3v) is 4.47. The molecule has 0 saturated carbocycles. The quantitative estimate of drug-likeness (QED) is 0.500. The molecular weight excluding hydrogens is 358 g/mol. The molecule has 0 spiro atoms. The number of esters is 1. The van der Waals surface area contributed by atoms with Crippen LogP contribution < -0.4 is 4.74 Å². The summed E-state index contributed by atoms with van der Waals surface area (Å²) in [6, 6.07) is 11.0. The first-order valence-corrected chi connectivity index (χ1v) is 8.89. The Morgan fingerprint density at radius 3 is 2.79 bits per heavy atom. The molecule has 0 radical (unpaired) electrons. The minimum Gasteiger partial charge on any atom is -0.492 e. The summed E-state index contributed by atoms with van der Waals surface area (Å²) >= 11 is 0. The van der Waals surface area contributed by atoms with Gasteiger partial charge in [-0.15, -0.1) is 0 Å². The van der Waals surface area contributed by atoms with E-state index in [1.54, 1.807) is 18.2 Å². The van der Waals surface area contributed by atoms with Gasteiger partial charge in [0.1, 0.15) is 18.1 Å². The van der Waals surface area contributed by atoms with Crippen LogP contribution in [-0.2, 0) is 4.74 Å². The Morgan fingerprint density at radius 2 is 2.00 bits per heavy atom. The second-order valence-corrected chi connectivity index (χ2v) is 6.74. The standard InChI is InChI=1S/C20H21N5O3/c1-25(2)8-9-28-13-5-7-16-17(11-13)22-19(21-16)18-14-10-12(20(26)27-3)4-6-15(14)23-24-18/h4-7,10-11H,8-9H2,1-3H3,(H,21,22)(H,23,24). The number of hydrogen-bond acceptors (Lipinski definition) is 6. The Morgan fingerprint density at radius 1 is 1.14 bits per heavy atom. The van der Waals surface area contributed by atoms with Gasteiger partial charge in [0.2, 0.25) is 0 Å². The van der Waals surface area contributed by atoms with Crippen LogP contribution in [0.5, 0.6) is 5.75 Å². The zero-order valence-corrected chi connectivity index (χ0v) is 15.9. The van der Waals surface area contributed by atoms with Crippen molar-refractivity contribution >= 4 is 27.9 Å². The van der Waals surface area contributed by atoms with Crippen LogP contribution in [0.3, 0.4) is 0 Å². The highest BCUT2D eigenvalue weighted by Crippen LogP contribution is 2.28. The number of nitrogens with zero attached hydrogens (tertiary/aromatic N) is 3. The SMILES string of the molecule is COC(=O)c1ccc2[nH]nc(-c3nc4ccc(OCCN(C)C)cc4[nH]3)c2c1. The number of fused-ring (bicyclic) bond motifs is 2. The minimum absolute atomic E-state index is 0.391. The van der Waals surface area contributed by atoms with Crippen LogP contribution in [0.1, 0.15) is 10.4 Å². The first-order valence-electron chi connectivity index (χ1n) is 8.89. The topological polar surface area (TPSA) is 96.1 Å². The second kappa shape index (κ2) is 7.32. The van der Waals surface area contributed by atoms with Gasteiger partial charge < -0.3 is 19.4 Å². The predicted molar refractivity (Wildman–Crippen MR) is 107 cm³/mol. The van der Waals surface area contributed by atoms with Crippen molar-refractivity contribution in [3.8, 4) is 17.3 Å². The number of methoxy groups -OCH3 is 1. The number of likely N-dealkylation sites (N-methyl/N-ethyl adjacent to an activating group) is 1. The van der Waals surface area contributed by atoms with Crippen LogP contribution in [0.2, 0.25) is 0 Å². The predicted octanol–water partition coefficient (Wildman–Crippen LogP) is 2.83. The summed E-state index contributed by atoms with van der Waals surface area (Å²) in [6.45, 7) is 1.45. The molecule has 28 heavy (non-hydrogen) atoms. The molecule has 2 aromatic heterocycles. The van der Waals surface area contributed by atoms with Crippen LogP contribution in [0.15, 0.2) is 36.4 Å². The number of ether oxygens (including phenoxy) is 2. The summed E-state index contributed by atoms with van der Waals surface area (Å²) in [7, 11) is 5.38. The molecule has 0 amide bonds. The minimum atomic E-state index is -0.391. The number of nitrogens with one attached hydrogen (secondary N) is 2. The number of imidazole rings is 1. The third kappa shape index (κ3) is 3.41. The van der Waals surface area contributed by atoms with Crippen LogP contribution in [0.4, 0.5) is 0 Å². The lowest BCUT2D eigenvalue weighted by molar-refractivity contribution is 0.0601. The van der Waals surface area contributed by atoms with Gasteiger partial charge in [-0.1, -0.05) is 0 Å². The molecule has 8 nitrogen and oxygen atoms in total. The molecule has 0 atom stereocenters. The van der Waals surface area contributed by atoms with Gasteiger partial charge in [0.15, 0.2) is 5.82 Å². The number of hydrogen-bond donors (Lipinski definition) is 2. The maximum absolute atomic E-state index is 11.8. The molecule has 2 N–H and O–H groups in total. The Kier molecular flexibility index (Phi) is 4.70. The highest BCUT2D eigenvalue weighted by atomic mass is 16.5. The molecule has 0 bridgehead atoms. The average Bonchev–Trinajstić information content (AvgIpc) is 3.29. The van der Waals surface area contributed by atoms with Crippen molar-refractivity contribution in [3.05, 3.63) is 42.0 Å². The monoisotopic (exact) mass is 379 g/mol. The largest absolute Gasteiger partial charge is 0.492 e. The lowest BCUT2D eigenvalue weighted by Gasteiger charge is -2.10. The summed E-state index contributed by atoms with van der Waals surface area (Å²) in [5.41, 5.74) is 3.60. The Balaban J connectivity index is 1.68. The van der Waals surface area contributed by atoms with E-state index in [-0.39, 0.29) is 0 Å². The van der Waals surface area contributed by atoms with Gasteiger partial charge >= 0.3 is 5.97 Å². The Labute approximate surface area is 161 Å². The fraction of sp³-hybridized carbons (Fsp3) is 0.250. The third-order valence-electron chi connectivity index (χ3n) is 4.47. The maximum atomic E-state index is 11.8. The molecule has 8 heteroatoms. The van der Waals surface area contributed by atoms with Crippen molar-refractivity contribution in [3.63, 3.8) is 0 Å². The zero-order valence-electron chi connectivity index (χ0n) is 15.9. The molecule has 144 valence electrons. The highest BCUT2D eigenvalue weighted by molar-refractivity contribution is 5.99. The van der Waals surface area contributed by atoms with Gasteiger partial charge in [-0.05, 0) is 44.4 Å². The van der Waals surface area contributed by atoms with Crippen molar-refractivity contribution in [2.75, 3.05) is 34.4 Å². The molecular formula is C20H21N5O3. The molecule has 0 aliphatic rings. The number of benzene rings is 2. The molecule has 0 fully saturated rings. The van der Waals surface area contributed by atoms with E-state index in [0.29, 0.717) is 23.7 Å². The molecule has 2 aromatic carbocycles. The van der Waals surface area contributed by atoms with Crippen molar-refractivity contribution in [2.24, 2.45) is 0 Å². The molecule has 2 heterocycles. The summed E-state index contributed by atoms with van der Waals surface area (Å²) in [6.07, 6.45) is 0. The number of carbonyl (C=O) groups excluding carboxylic acids is 1. The first kappa shape index (κ1) is 18.0. The molecule has 4 rings (SSSR count). The zero-order chi connectivity index (χ0) is 19.7. The Hall–Kier alpha value is -3.39. The molecule has 0 saturated heterocycles. The molecule has 0 unspecified atom stereocenters. The van der Waals surface area contributed by atoms with Gasteiger partial charge in [0, 0.05) is 18.0 Å². The van der Waals surface area contributed by atoms with Crippen molar-refractivity contribution < 1.29 is 14.3 Å². The molecule has 0 aliphatic carbocycles. The maximum Gasteiger partial charge on any atom is 0.337 e. The Bertz CT molecular complexity index is 1150. The van der Waals surface area contributed by atoms with Crippen LogP contribution in [0.25, 0.3) is 33.5 Å². The average molecular weight is 379 g/mol. The van der Waals surface area contributed by atoms with E-state index in [0.717, 1.165) is 34.2 Å². The normalized spacial score (nSPS) is 11.4. The number of H-pyrrole nitrogens is 2. The van der Waals surface area contributed by atoms with Crippen LogP contribution in [0, 0.1) is 0 Å². The molecule has 4 aromatic rings. The first-order chi connectivity index (χ1) is 13.5. The van der Waals surface area contributed by atoms with Gasteiger partial charge in [0.05, 0.1) is 29.2 Å². The number of rotatable bonds is 6. The van der Waals surface area contributed by atoms with Crippen molar-refractivity contribution in [2.45, 2.75) is 0 Å². The van der Waals surface area contributed by atoms with E-state index in [2.05, 4.69) is 25.1 Å². The number of carbonyl (C=O) groups is 1.